The van der Waals surface area contributed by atoms with Gasteiger partial charge in [0.15, 0.2) is 4.90 Å². The van der Waals surface area contributed by atoms with Crippen molar-refractivity contribution in [2.24, 2.45) is 0 Å². The van der Waals surface area contributed by atoms with Crippen LogP contribution in [0.1, 0.15) is 24.8 Å². The van der Waals surface area contributed by atoms with E-state index in [1.807, 2.05) is 0 Å². The zero-order valence-corrected chi connectivity index (χ0v) is 15.5. The van der Waals surface area contributed by atoms with Crippen molar-refractivity contribution in [1.29, 1.82) is 0 Å². The molecule has 1 aliphatic rings. The predicted octanol–water partition coefficient (Wildman–Crippen LogP) is 3.61. The Bertz CT molecular complexity index is 940. The topological polar surface area (TPSA) is 98.5 Å². The van der Waals surface area contributed by atoms with Gasteiger partial charge in [-0.1, -0.05) is 23.7 Å². The summed E-state index contributed by atoms with van der Waals surface area (Å²) in [6, 6.07) is 10.6. The summed E-state index contributed by atoms with van der Waals surface area (Å²) in [4.78, 5) is 10.2. The average molecular weight is 397 g/mol. The fraction of sp³-hybridized carbons (Fsp3) is 0.294. The average Bonchev–Trinajstić information content (AvgIpc) is 2.58. The zero-order valence-electron chi connectivity index (χ0n) is 13.9. The Morgan fingerprint density at radius 1 is 1.19 bits per heavy atom. The van der Waals surface area contributed by atoms with Gasteiger partial charge in [-0.05, 0) is 49.1 Å². The van der Waals surface area contributed by atoms with Crippen molar-refractivity contribution < 1.29 is 18.1 Å². The Labute approximate surface area is 156 Å². The number of nitro groups is 1. The minimum absolute atomic E-state index is 0.215. The van der Waals surface area contributed by atoms with Crippen LogP contribution in [0, 0.1) is 10.1 Å². The van der Waals surface area contributed by atoms with Crippen LogP contribution in [0.4, 0.5) is 5.69 Å². The lowest BCUT2D eigenvalue weighted by molar-refractivity contribution is -0.387. The molecule has 0 amide bonds. The van der Waals surface area contributed by atoms with E-state index in [1.165, 1.54) is 19.2 Å². The summed E-state index contributed by atoms with van der Waals surface area (Å²) in [5.41, 5.74) is -0.521. The quantitative estimate of drug-likeness (QED) is 0.594. The molecule has 1 saturated carbocycles. The van der Waals surface area contributed by atoms with E-state index < -0.39 is 26.2 Å². The molecular weight excluding hydrogens is 380 g/mol. The van der Waals surface area contributed by atoms with Gasteiger partial charge in [0, 0.05) is 5.02 Å². The lowest BCUT2D eigenvalue weighted by Crippen LogP contribution is -2.50. The molecule has 0 aromatic heterocycles. The van der Waals surface area contributed by atoms with Gasteiger partial charge in [0.05, 0.1) is 23.6 Å². The van der Waals surface area contributed by atoms with Gasteiger partial charge in [-0.2, -0.15) is 0 Å². The summed E-state index contributed by atoms with van der Waals surface area (Å²) in [5, 5.41) is 11.9. The number of halogens is 1. The number of methoxy groups -OCH3 is 1. The first-order valence-corrected chi connectivity index (χ1v) is 9.76. The summed E-state index contributed by atoms with van der Waals surface area (Å²) < 4.78 is 33.5. The normalized spacial score (nSPS) is 15.9. The molecule has 7 nitrogen and oxygen atoms in total. The summed E-state index contributed by atoms with van der Waals surface area (Å²) in [7, 11) is -2.76. The third-order valence-corrected chi connectivity index (χ3v) is 6.42. The van der Waals surface area contributed by atoms with Gasteiger partial charge in [0.2, 0.25) is 10.0 Å². The number of hydrogen-bond acceptors (Lipinski definition) is 5. The molecule has 3 rings (SSSR count). The van der Waals surface area contributed by atoms with Gasteiger partial charge in [-0.3, -0.25) is 10.1 Å². The Morgan fingerprint density at radius 3 is 2.35 bits per heavy atom. The maximum Gasteiger partial charge on any atom is 0.293 e. The van der Waals surface area contributed by atoms with E-state index in [0.717, 1.165) is 18.1 Å². The summed E-state index contributed by atoms with van der Waals surface area (Å²) in [6.07, 6.45) is 2.07. The van der Waals surface area contributed by atoms with Crippen LogP contribution in [0.25, 0.3) is 0 Å². The number of rotatable bonds is 6. The van der Waals surface area contributed by atoms with Crippen molar-refractivity contribution in [2.45, 2.75) is 29.7 Å². The number of nitrogens with one attached hydrogen (secondary N) is 1. The van der Waals surface area contributed by atoms with Gasteiger partial charge in [0.1, 0.15) is 5.75 Å². The minimum atomic E-state index is -4.12. The molecule has 1 N–H and O–H groups in total. The monoisotopic (exact) mass is 396 g/mol. The van der Waals surface area contributed by atoms with Crippen LogP contribution in [0.5, 0.6) is 5.75 Å². The highest BCUT2D eigenvalue weighted by Crippen LogP contribution is 2.43. The summed E-state index contributed by atoms with van der Waals surface area (Å²) in [6.45, 7) is 0. The van der Waals surface area contributed by atoms with Gasteiger partial charge in [-0.25, -0.2) is 13.1 Å². The standard InChI is InChI=1S/C17H17ClN2O5S/c1-25-14-7-8-16(15(11-14)20(21)22)26(23,24)19-17(9-2-10-17)12-3-5-13(18)6-4-12/h3-8,11,19H,2,9-10H2,1H3. The SMILES string of the molecule is COc1ccc(S(=O)(=O)NC2(c3ccc(Cl)cc3)CCC2)c([N+](=O)[O-])c1. The van der Waals surface area contributed by atoms with Crippen LogP contribution >= 0.6 is 11.6 Å². The zero-order chi connectivity index (χ0) is 18.9. The number of nitro benzene ring substituents is 1. The van der Waals surface area contributed by atoms with Crippen molar-refractivity contribution in [3.63, 3.8) is 0 Å². The third kappa shape index (κ3) is 3.40. The first-order valence-electron chi connectivity index (χ1n) is 7.90. The molecule has 9 heteroatoms. The highest BCUT2D eigenvalue weighted by molar-refractivity contribution is 7.89. The Kier molecular flexibility index (Phi) is 4.92. The molecule has 1 aliphatic carbocycles. The van der Waals surface area contributed by atoms with Gasteiger partial charge < -0.3 is 4.74 Å². The smallest absolute Gasteiger partial charge is 0.293 e. The number of ether oxygens (including phenoxy) is 1. The van der Waals surface area contributed by atoms with Gasteiger partial charge in [0.25, 0.3) is 5.69 Å². The molecule has 0 spiro atoms. The molecular formula is C17H17ClN2O5S. The van der Waals surface area contributed by atoms with E-state index in [9.17, 15) is 18.5 Å². The molecule has 0 heterocycles. The Morgan fingerprint density at radius 2 is 1.85 bits per heavy atom. The van der Waals surface area contributed by atoms with Crippen LogP contribution in [0.15, 0.2) is 47.4 Å². The second kappa shape index (κ2) is 6.86. The first kappa shape index (κ1) is 18.6. The van der Waals surface area contributed by atoms with E-state index in [1.54, 1.807) is 24.3 Å². The fourth-order valence-corrected chi connectivity index (χ4v) is 4.78. The molecule has 138 valence electrons. The van der Waals surface area contributed by atoms with E-state index in [4.69, 9.17) is 16.3 Å². The van der Waals surface area contributed by atoms with Gasteiger partial charge >= 0.3 is 0 Å². The lowest BCUT2D eigenvalue weighted by Gasteiger charge is -2.42. The van der Waals surface area contributed by atoms with E-state index >= 15 is 0 Å². The number of nitrogens with zero attached hydrogens (tertiary/aromatic N) is 1. The van der Waals surface area contributed by atoms with Crippen molar-refractivity contribution in [3.05, 3.63) is 63.2 Å². The van der Waals surface area contributed by atoms with Crippen molar-refractivity contribution in [2.75, 3.05) is 7.11 Å². The number of sulfonamides is 1. The van der Waals surface area contributed by atoms with Gasteiger partial charge in [-0.15, -0.1) is 0 Å². The molecule has 0 bridgehead atoms. The second-order valence-electron chi connectivity index (χ2n) is 6.14. The molecule has 26 heavy (non-hydrogen) atoms. The van der Waals surface area contributed by atoms with Crippen LogP contribution in [-0.2, 0) is 15.6 Å². The highest BCUT2D eigenvalue weighted by Gasteiger charge is 2.43. The predicted molar refractivity (Wildman–Crippen MR) is 97.0 cm³/mol. The molecule has 2 aromatic rings. The second-order valence-corrected chi connectivity index (χ2v) is 8.23. The Balaban J connectivity index is 2.01. The number of hydrogen-bond donors (Lipinski definition) is 1. The minimum Gasteiger partial charge on any atom is -0.497 e. The Hall–Kier alpha value is -2.16. The molecule has 0 atom stereocenters. The lowest BCUT2D eigenvalue weighted by atomic mass is 9.73. The van der Waals surface area contributed by atoms with Crippen molar-refractivity contribution >= 4 is 27.3 Å². The highest BCUT2D eigenvalue weighted by atomic mass is 35.5. The van der Waals surface area contributed by atoms with E-state index in [2.05, 4.69) is 4.72 Å². The molecule has 0 saturated heterocycles. The van der Waals surface area contributed by atoms with E-state index in [0.29, 0.717) is 17.9 Å². The maximum atomic E-state index is 12.9. The molecule has 0 radical (unpaired) electrons. The molecule has 0 unspecified atom stereocenters. The van der Waals surface area contributed by atoms with Crippen LogP contribution in [0.3, 0.4) is 0 Å². The van der Waals surface area contributed by atoms with Crippen molar-refractivity contribution in [1.82, 2.24) is 4.72 Å². The van der Waals surface area contributed by atoms with Crippen LogP contribution in [-0.4, -0.2) is 20.5 Å². The van der Waals surface area contributed by atoms with Crippen LogP contribution in [0.2, 0.25) is 5.02 Å². The third-order valence-electron chi connectivity index (χ3n) is 4.59. The summed E-state index contributed by atoms with van der Waals surface area (Å²) >= 11 is 5.91. The van der Waals surface area contributed by atoms with Crippen LogP contribution < -0.4 is 9.46 Å². The molecule has 1 fully saturated rings. The number of benzene rings is 2. The fourth-order valence-electron chi connectivity index (χ4n) is 3.06. The van der Waals surface area contributed by atoms with Crippen molar-refractivity contribution in [3.8, 4) is 5.75 Å². The first-order chi connectivity index (χ1) is 12.3. The molecule has 2 aromatic carbocycles. The largest absolute Gasteiger partial charge is 0.497 e. The van der Waals surface area contributed by atoms with E-state index in [-0.39, 0.29) is 10.6 Å². The maximum absolute atomic E-state index is 12.9. The molecule has 0 aliphatic heterocycles. The summed E-state index contributed by atoms with van der Waals surface area (Å²) in [5.74, 6) is 0.215.